The van der Waals surface area contributed by atoms with Crippen molar-refractivity contribution in [3.8, 4) is 5.75 Å². The van der Waals surface area contributed by atoms with Crippen LogP contribution in [-0.2, 0) is 6.54 Å². The molecule has 0 spiro atoms. The summed E-state index contributed by atoms with van der Waals surface area (Å²) in [5.41, 5.74) is 1.53. The standard InChI is InChI=1S/C19H33N3O2.HI/c1-6-19(23,7-2)14-22-18(20-8-3)21-13-16-11-10-15(5)12-17(16)24-9-4;/h10-12,23H,6-9,13-14H2,1-5H3,(H2,20,21,22);1H. The van der Waals surface area contributed by atoms with Gasteiger partial charge in [-0.1, -0.05) is 26.0 Å². The molecule has 1 aromatic carbocycles. The van der Waals surface area contributed by atoms with E-state index in [0.29, 0.717) is 38.5 Å². The fourth-order valence-corrected chi connectivity index (χ4v) is 2.34. The average molecular weight is 463 g/mol. The summed E-state index contributed by atoms with van der Waals surface area (Å²) in [6.07, 6.45) is 1.42. The predicted octanol–water partition coefficient (Wildman–Crippen LogP) is 3.62. The van der Waals surface area contributed by atoms with E-state index in [0.717, 1.165) is 17.9 Å². The fraction of sp³-hybridized carbons (Fsp3) is 0.632. The zero-order chi connectivity index (χ0) is 18.0. The minimum Gasteiger partial charge on any atom is -0.494 e. The van der Waals surface area contributed by atoms with Gasteiger partial charge in [0.1, 0.15) is 5.75 Å². The molecule has 5 nitrogen and oxygen atoms in total. The molecular weight excluding hydrogens is 429 g/mol. The zero-order valence-corrected chi connectivity index (χ0v) is 18.5. The Labute approximate surface area is 169 Å². The second kappa shape index (κ2) is 12.4. The molecular formula is C19H34IN3O2. The third-order valence-corrected chi connectivity index (χ3v) is 4.18. The largest absolute Gasteiger partial charge is 0.494 e. The SMILES string of the molecule is CCNC(=NCc1ccc(C)cc1OCC)NCC(O)(CC)CC.I. The molecule has 0 bridgehead atoms. The number of hydrogen-bond donors (Lipinski definition) is 3. The highest BCUT2D eigenvalue weighted by molar-refractivity contribution is 14.0. The molecule has 0 atom stereocenters. The van der Waals surface area contributed by atoms with Crippen molar-refractivity contribution in [2.45, 2.75) is 59.6 Å². The van der Waals surface area contributed by atoms with Gasteiger partial charge in [0.15, 0.2) is 5.96 Å². The maximum absolute atomic E-state index is 10.4. The summed E-state index contributed by atoms with van der Waals surface area (Å²) in [7, 11) is 0. The Morgan fingerprint density at radius 3 is 2.40 bits per heavy atom. The van der Waals surface area contributed by atoms with Crippen molar-refractivity contribution in [2.24, 2.45) is 4.99 Å². The predicted molar refractivity (Wildman–Crippen MR) is 116 cm³/mol. The molecule has 25 heavy (non-hydrogen) atoms. The van der Waals surface area contributed by atoms with Crippen molar-refractivity contribution in [1.29, 1.82) is 0 Å². The van der Waals surface area contributed by atoms with Gasteiger partial charge in [0.25, 0.3) is 0 Å². The van der Waals surface area contributed by atoms with Crippen LogP contribution >= 0.6 is 24.0 Å². The first kappa shape index (κ1) is 24.0. The minimum absolute atomic E-state index is 0. The number of aliphatic imine (C=N–C) groups is 1. The van der Waals surface area contributed by atoms with Crippen LogP contribution in [0.15, 0.2) is 23.2 Å². The molecule has 0 heterocycles. The summed E-state index contributed by atoms with van der Waals surface area (Å²) in [5.74, 6) is 1.59. The monoisotopic (exact) mass is 463 g/mol. The highest BCUT2D eigenvalue weighted by atomic mass is 127. The van der Waals surface area contributed by atoms with Crippen molar-refractivity contribution in [3.05, 3.63) is 29.3 Å². The van der Waals surface area contributed by atoms with Crippen LogP contribution in [0.3, 0.4) is 0 Å². The first-order valence-corrected chi connectivity index (χ1v) is 8.94. The quantitative estimate of drug-likeness (QED) is 0.298. The number of halogens is 1. The fourth-order valence-electron chi connectivity index (χ4n) is 2.34. The third-order valence-electron chi connectivity index (χ3n) is 4.18. The first-order chi connectivity index (χ1) is 11.5. The number of aliphatic hydroxyl groups is 1. The van der Waals surface area contributed by atoms with E-state index in [4.69, 9.17) is 4.74 Å². The molecule has 1 aromatic rings. The van der Waals surface area contributed by atoms with Gasteiger partial charge in [0, 0.05) is 18.7 Å². The van der Waals surface area contributed by atoms with Gasteiger partial charge in [-0.2, -0.15) is 0 Å². The van der Waals surface area contributed by atoms with Gasteiger partial charge in [0.05, 0.1) is 18.8 Å². The lowest BCUT2D eigenvalue weighted by atomic mass is 9.98. The van der Waals surface area contributed by atoms with Crippen LogP contribution in [-0.4, -0.2) is 36.4 Å². The van der Waals surface area contributed by atoms with Gasteiger partial charge in [-0.15, -0.1) is 24.0 Å². The van der Waals surface area contributed by atoms with Crippen LogP contribution < -0.4 is 15.4 Å². The lowest BCUT2D eigenvalue weighted by Crippen LogP contribution is -2.46. The van der Waals surface area contributed by atoms with Crippen LogP contribution in [0.4, 0.5) is 0 Å². The molecule has 0 aromatic heterocycles. The van der Waals surface area contributed by atoms with Crippen molar-refractivity contribution in [3.63, 3.8) is 0 Å². The molecule has 0 radical (unpaired) electrons. The van der Waals surface area contributed by atoms with Crippen molar-refractivity contribution >= 4 is 29.9 Å². The number of hydrogen-bond acceptors (Lipinski definition) is 3. The van der Waals surface area contributed by atoms with Crippen molar-refractivity contribution in [2.75, 3.05) is 19.7 Å². The van der Waals surface area contributed by atoms with E-state index in [-0.39, 0.29) is 24.0 Å². The Balaban J connectivity index is 0.00000576. The number of aryl methyl sites for hydroxylation is 1. The number of nitrogens with zero attached hydrogens (tertiary/aromatic N) is 1. The molecule has 1 rings (SSSR count). The van der Waals surface area contributed by atoms with E-state index in [9.17, 15) is 5.11 Å². The van der Waals surface area contributed by atoms with E-state index in [2.05, 4.69) is 34.7 Å². The molecule has 0 aliphatic carbocycles. The van der Waals surface area contributed by atoms with E-state index < -0.39 is 5.60 Å². The Morgan fingerprint density at radius 1 is 1.16 bits per heavy atom. The summed E-state index contributed by atoms with van der Waals surface area (Å²) in [6.45, 7) is 12.5. The molecule has 0 saturated carbocycles. The Bertz CT molecular complexity index is 531. The van der Waals surface area contributed by atoms with Crippen LogP contribution in [0, 0.1) is 6.92 Å². The second-order valence-electron chi connectivity index (χ2n) is 6.02. The van der Waals surface area contributed by atoms with Crippen molar-refractivity contribution in [1.82, 2.24) is 10.6 Å². The molecule has 0 aliphatic rings. The summed E-state index contributed by atoms with van der Waals surface area (Å²) < 4.78 is 5.71. The van der Waals surface area contributed by atoms with Gasteiger partial charge in [-0.3, -0.25) is 0 Å². The van der Waals surface area contributed by atoms with Gasteiger partial charge in [0.2, 0.25) is 0 Å². The molecule has 3 N–H and O–H groups in total. The van der Waals surface area contributed by atoms with E-state index in [1.165, 1.54) is 5.56 Å². The van der Waals surface area contributed by atoms with Gasteiger partial charge >= 0.3 is 0 Å². The van der Waals surface area contributed by atoms with Crippen LogP contribution in [0.5, 0.6) is 5.75 Å². The van der Waals surface area contributed by atoms with E-state index in [1.807, 2.05) is 33.8 Å². The zero-order valence-electron chi connectivity index (χ0n) is 16.2. The van der Waals surface area contributed by atoms with E-state index in [1.54, 1.807) is 0 Å². The van der Waals surface area contributed by atoms with Crippen LogP contribution in [0.2, 0.25) is 0 Å². The molecule has 0 saturated heterocycles. The summed E-state index contributed by atoms with van der Waals surface area (Å²) >= 11 is 0. The average Bonchev–Trinajstić information content (AvgIpc) is 2.58. The smallest absolute Gasteiger partial charge is 0.191 e. The number of benzene rings is 1. The highest BCUT2D eigenvalue weighted by Gasteiger charge is 2.22. The number of rotatable bonds is 9. The molecule has 0 unspecified atom stereocenters. The summed E-state index contributed by atoms with van der Waals surface area (Å²) in [4.78, 5) is 4.63. The van der Waals surface area contributed by atoms with Crippen LogP contribution in [0.1, 0.15) is 51.7 Å². The number of guanidine groups is 1. The highest BCUT2D eigenvalue weighted by Crippen LogP contribution is 2.21. The second-order valence-corrected chi connectivity index (χ2v) is 6.02. The van der Waals surface area contributed by atoms with Crippen LogP contribution in [0.25, 0.3) is 0 Å². The third kappa shape index (κ3) is 8.27. The van der Waals surface area contributed by atoms with E-state index >= 15 is 0 Å². The lowest BCUT2D eigenvalue weighted by Gasteiger charge is -2.26. The summed E-state index contributed by atoms with van der Waals surface area (Å²) in [6, 6.07) is 6.17. The minimum atomic E-state index is -0.698. The number of ether oxygens (including phenoxy) is 1. The summed E-state index contributed by atoms with van der Waals surface area (Å²) in [5, 5.41) is 16.9. The first-order valence-electron chi connectivity index (χ1n) is 8.94. The number of nitrogens with one attached hydrogen (secondary N) is 2. The maximum atomic E-state index is 10.4. The Kier molecular flexibility index (Phi) is 11.8. The van der Waals surface area contributed by atoms with Gasteiger partial charge in [-0.05, 0) is 45.2 Å². The van der Waals surface area contributed by atoms with Crippen molar-refractivity contribution < 1.29 is 9.84 Å². The molecule has 0 aliphatic heterocycles. The topological polar surface area (TPSA) is 65.9 Å². The van der Waals surface area contributed by atoms with Gasteiger partial charge in [-0.25, -0.2) is 4.99 Å². The molecule has 0 fully saturated rings. The Morgan fingerprint density at radius 2 is 1.84 bits per heavy atom. The molecule has 144 valence electrons. The lowest BCUT2D eigenvalue weighted by molar-refractivity contribution is 0.0367. The van der Waals surface area contributed by atoms with Gasteiger partial charge < -0.3 is 20.5 Å². The normalized spacial score (nSPS) is 11.7. The molecule has 0 amide bonds. The Hall–Kier alpha value is -1.02. The maximum Gasteiger partial charge on any atom is 0.191 e. The molecule has 6 heteroatoms.